The first-order valence-corrected chi connectivity index (χ1v) is 7.59. The first kappa shape index (κ1) is 16.5. The maximum atomic E-state index is 10.4. The van der Waals surface area contributed by atoms with E-state index in [4.69, 9.17) is 0 Å². The summed E-state index contributed by atoms with van der Waals surface area (Å²) < 4.78 is 2.03. The van der Waals surface area contributed by atoms with Gasteiger partial charge in [0.1, 0.15) is 17.9 Å². The number of phenols is 1. The smallest absolute Gasteiger partial charge is 0.147 e. The minimum atomic E-state index is -0.650. The third-order valence-corrected chi connectivity index (χ3v) is 3.70. The lowest BCUT2D eigenvalue weighted by Crippen LogP contribution is -2.29. The third kappa shape index (κ3) is 4.05. The molecule has 6 nitrogen and oxygen atoms in total. The predicted molar refractivity (Wildman–Crippen MR) is 84.4 cm³/mol. The van der Waals surface area contributed by atoms with Gasteiger partial charge in [-0.3, -0.25) is 4.90 Å². The highest BCUT2D eigenvalue weighted by molar-refractivity contribution is 5.28. The summed E-state index contributed by atoms with van der Waals surface area (Å²) in [5, 5.41) is 28.0. The van der Waals surface area contributed by atoms with Crippen LogP contribution in [0.15, 0.2) is 30.6 Å². The number of nitrogens with zero attached hydrogens (tertiary/aromatic N) is 4. The highest BCUT2D eigenvalue weighted by atomic mass is 16.3. The average Bonchev–Trinajstić information content (AvgIpc) is 2.94. The summed E-state index contributed by atoms with van der Waals surface area (Å²) in [6.07, 6.45) is 1.09. The largest absolute Gasteiger partial charge is 0.508 e. The Morgan fingerprint density at radius 1 is 1.32 bits per heavy atom. The molecule has 0 aliphatic carbocycles. The lowest BCUT2D eigenvalue weighted by atomic mass is 10.1. The topological polar surface area (TPSA) is 74.4 Å². The van der Waals surface area contributed by atoms with Crippen molar-refractivity contribution in [2.24, 2.45) is 0 Å². The fourth-order valence-corrected chi connectivity index (χ4v) is 2.40. The molecular formula is C16H24N4O2. The molecule has 22 heavy (non-hydrogen) atoms. The Kier molecular flexibility index (Phi) is 5.51. The molecule has 1 heterocycles. The second-order valence-corrected chi connectivity index (χ2v) is 5.69. The van der Waals surface area contributed by atoms with Crippen molar-refractivity contribution in [1.82, 2.24) is 19.7 Å². The molecule has 2 rings (SSSR count). The molecule has 0 bridgehead atoms. The van der Waals surface area contributed by atoms with E-state index in [0.29, 0.717) is 24.7 Å². The second-order valence-electron chi connectivity index (χ2n) is 5.69. The monoisotopic (exact) mass is 304 g/mol. The van der Waals surface area contributed by atoms with Crippen molar-refractivity contribution < 1.29 is 10.2 Å². The van der Waals surface area contributed by atoms with Gasteiger partial charge in [-0.2, -0.15) is 0 Å². The predicted octanol–water partition coefficient (Wildman–Crippen LogP) is 2.12. The van der Waals surface area contributed by atoms with Gasteiger partial charge >= 0.3 is 0 Å². The number of rotatable bonds is 7. The molecule has 0 fully saturated rings. The van der Waals surface area contributed by atoms with Gasteiger partial charge in [-0.15, -0.1) is 10.2 Å². The first-order chi connectivity index (χ1) is 10.5. The molecule has 6 heteroatoms. The van der Waals surface area contributed by atoms with E-state index in [1.54, 1.807) is 24.5 Å². The van der Waals surface area contributed by atoms with Crippen LogP contribution in [0.1, 0.15) is 44.3 Å². The SMILES string of the molecule is CCN(Cc1nncn1C(C)C)CC(O)c1cccc(O)c1. The molecule has 1 aromatic heterocycles. The summed E-state index contributed by atoms with van der Waals surface area (Å²) in [7, 11) is 0. The molecule has 2 aromatic rings. The quantitative estimate of drug-likeness (QED) is 0.819. The summed E-state index contributed by atoms with van der Waals surface area (Å²) in [6.45, 7) is 8.12. The Balaban J connectivity index is 2.04. The van der Waals surface area contributed by atoms with Gasteiger partial charge in [0.15, 0.2) is 0 Å². The minimum absolute atomic E-state index is 0.166. The summed E-state index contributed by atoms with van der Waals surface area (Å²) in [5.74, 6) is 1.05. The van der Waals surface area contributed by atoms with Gasteiger partial charge in [0.2, 0.25) is 0 Å². The summed E-state index contributed by atoms with van der Waals surface area (Å²) >= 11 is 0. The molecule has 0 amide bonds. The van der Waals surface area contributed by atoms with E-state index in [2.05, 4.69) is 28.9 Å². The lowest BCUT2D eigenvalue weighted by Gasteiger charge is -2.24. The summed E-state index contributed by atoms with van der Waals surface area (Å²) in [5.41, 5.74) is 0.712. The highest BCUT2D eigenvalue weighted by Crippen LogP contribution is 2.20. The van der Waals surface area contributed by atoms with Crippen molar-refractivity contribution >= 4 is 0 Å². The Bertz CT molecular complexity index is 597. The average molecular weight is 304 g/mol. The molecule has 0 saturated heterocycles. The van der Waals surface area contributed by atoms with Crippen molar-refractivity contribution in [3.63, 3.8) is 0 Å². The Hall–Kier alpha value is -1.92. The standard InChI is InChI=1S/C16H24N4O2/c1-4-19(10-16-18-17-11-20(16)12(2)3)9-15(22)13-6-5-7-14(21)8-13/h5-8,11-12,15,21-22H,4,9-10H2,1-3H3. The molecule has 120 valence electrons. The van der Waals surface area contributed by atoms with Crippen LogP contribution in [0, 0.1) is 0 Å². The summed E-state index contributed by atoms with van der Waals surface area (Å²) in [4.78, 5) is 2.11. The molecular weight excluding hydrogens is 280 g/mol. The molecule has 2 N–H and O–H groups in total. The van der Waals surface area contributed by atoms with Crippen LogP contribution in [0.5, 0.6) is 5.75 Å². The van der Waals surface area contributed by atoms with Gasteiger partial charge in [-0.1, -0.05) is 19.1 Å². The van der Waals surface area contributed by atoms with Crippen molar-refractivity contribution in [2.45, 2.75) is 39.5 Å². The van der Waals surface area contributed by atoms with Crippen molar-refractivity contribution in [3.05, 3.63) is 42.0 Å². The van der Waals surface area contributed by atoms with Gasteiger partial charge < -0.3 is 14.8 Å². The zero-order valence-electron chi connectivity index (χ0n) is 13.3. The fourth-order valence-electron chi connectivity index (χ4n) is 2.40. The van der Waals surface area contributed by atoms with Crippen LogP contribution in [0.25, 0.3) is 0 Å². The number of aromatic nitrogens is 3. The molecule has 0 aliphatic rings. The van der Waals surface area contributed by atoms with Gasteiger partial charge in [0, 0.05) is 12.6 Å². The zero-order chi connectivity index (χ0) is 16.1. The van der Waals surface area contributed by atoms with Gasteiger partial charge in [0.25, 0.3) is 0 Å². The molecule has 0 radical (unpaired) electrons. The van der Waals surface area contributed by atoms with Crippen LogP contribution in [0.2, 0.25) is 0 Å². The van der Waals surface area contributed by atoms with Crippen molar-refractivity contribution in [3.8, 4) is 5.75 Å². The number of phenolic OH excluding ortho intramolecular Hbond substituents is 1. The number of likely N-dealkylation sites (N-methyl/N-ethyl adjacent to an activating group) is 1. The molecule has 1 atom stereocenters. The van der Waals surface area contributed by atoms with Crippen LogP contribution in [0.4, 0.5) is 0 Å². The van der Waals surface area contributed by atoms with Crippen LogP contribution < -0.4 is 0 Å². The lowest BCUT2D eigenvalue weighted by molar-refractivity contribution is 0.109. The van der Waals surface area contributed by atoms with E-state index in [0.717, 1.165) is 12.4 Å². The van der Waals surface area contributed by atoms with Gasteiger partial charge in [-0.25, -0.2) is 0 Å². The van der Waals surface area contributed by atoms with Crippen LogP contribution in [0.3, 0.4) is 0 Å². The maximum absolute atomic E-state index is 10.4. The van der Waals surface area contributed by atoms with E-state index in [1.807, 2.05) is 17.6 Å². The zero-order valence-corrected chi connectivity index (χ0v) is 13.3. The number of aromatic hydroxyl groups is 1. The van der Waals surface area contributed by atoms with Gasteiger partial charge in [0.05, 0.1) is 12.6 Å². The molecule has 0 aliphatic heterocycles. The normalized spacial score (nSPS) is 13.0. The number of hydrogen-bond donors (Lipinski definition) is 2. The number of aliphatic hydroxyl groups is 1. The van der Waals surface area contributed by atoms with Crippen LogP contribution in [-0.4, -0.2) is 43.0 Å². The molecule has 1 unspecified atom stereocenters. The molecule has 1 aromatic carbocycles. The number of aliphatic hydroxyl groups excluding tert-OH is 1. The number of hydrogen-bond acceptors (Lipinski definition) is 5. The number of benzene rings is 1. The highest BCUT2D eigenvalue weighted by Gasteiger charge is 2.16. The van der Waals surface area contributed by atoms with Crippen molar-refractivity contribution in [1.29, 1.82) is 0 Å². The Morgan fingerprint density at radius 3 is 2.73 bits per heavy atom. The second kappa shape index (κ2) is 7.38. The van der Waals surface area contributed by atoms with E-state index in [-0.39, 0.29) is 5.75 Å². The van der Waals surface area contributed by atoms with Gasteiger partial charge in [-0.05, 0) is 38.1 Å². The van der Waals surface area contributed by atoms with Crippen molar-refractivity contribution in [2.75, 3.05) is 13.1 Å². The molecule has 0 spiro atoms. The van der Waals surface area contributed by atoms with E-state index in [9.17, 15) is 10.2 Å². The fraction of sp³-hybridized carbons (Fsp3) is 0.500. The summed E-state index contributed by atoms with van der Waals surface area (Å²) in [6, 6.07) is 7.04. The Labute approximate surface area is 131 Å². The minimum Gasteiger partial charge on any atom is -0.508 e. The van der Waals surface area contributed by atoms with E-state index < -0.39 is 6.10 Å². The molecule has 0 saturated carbocycles. The van der Waals surface area contributed by atoms with E-state index in [1.165, 1.54) is 0 Å². The van der Waals surface area contributed by atoms with Crippen LogP contribution >= 0.6 is 0 Å². The maximum Gasteiger partial charge on any atom is 0.147 e. The Morgan fingerprint density at radius 2 is 2.09 bits per heavy atom. The van der Waals surface area contributed by atoms with Crippen LogP contribution in [-0.2, 0) is 6.54 Å². The first-order valence-electron chi connectivity index (χ1n) is 7.59. The van der Waals surface area contributed by atoms with E-state index >= 15 is 0 Å². The third-order valence-electron chi connectivity index (χ3n) is 3.70.